The average Bonchev–Trinajstić information content (AvgIpc) is 3.15. The van der Waals surface area contributed by atoms with Gasteiger partial charge < -0.3 is 15.0 Å². The number of carbonyl (C=O) groups is 1. The number of nitrogens with zero attached hydrogens (tertiary/aromatic N) is 4. The van der Waals surface area contributed by atoms with E-state index in [0.717, 1.165) is 35.3 Å². The molecule has 1 fully saturated rings. The fourth-order valence-electron chi connectivity index (χ4n) is 3.55. The molecule has 0 aliphatic carbocycles. The fraction of sp³-hybridized carbons (Fsp3) is 0.364. The topological polar surface area (TPSA) is 80.2 Å². The summed E-state index contributed by atoms with van der Waals surface area (Å²) in [5.74, 6) is 0.793. The van der Waals surface area contributed by atoms with Crippen LogP contribution < -0.4 is 10.2 Å². The van der Waals surface area contributed by atoms with Crippen molar-refractivity contribution < 1.29 is 9.53 Å². The van der Waals surface area contributed by atoms with E-state index >= 15 is 0 Å². The first-order valence-corrected chi connectivity index (χ1v) is 10.9. The van der Waals surface area contributed by atoms with Crippen molar-refractivity contribution in [2.45, 2.75) is 38.9 Å². The number of thiazole rings is 1. The highest BCUT2D eigenvalue weighted by Gasteiger charge is 2.23. The van der Waals surface area contributed by atoms with Crippen LogP contribution in [-0.4, -0.2) is 46.2 Å². The van der Waals surface area contributed by atoms with Crippen LogP contribution in [0.25, 0.3) is 0 Å². The van der Waals surface area contributed by atoms with E-state index in [1.165, 1.54) is 0 Å². The normalized spacial score (nSPS) is 18.9. The lowest BCUT2D eigenvalue weighted by Crippen LogP contribution is -2.45. The van der Waals surface area contributed by atoms with E-state index in [4.69, 9.17) is 4.74 Å². The summed E-state index contributed by atoms with van der Waals surface area (Å²) in [6.45, 7) is 5.76. The molecule has 3 aromatic heterocycles. The molecule has 0 spiro atoms. The third-order valence-electron chi connectivity index (χ3n) is 4.77. The molecule has 4 heterocycles. The van der Waals surface area contributed by atoms with Crippen molar-refractivity contribution in [1.82, 2.24) is 15.0 Å². The third kappa shape index (κ3) is 5.40. The predicted molar refractivity (Wildman–Crippen MR) is 118 cm³/mol. The molecule has 0 aromatic carbocycles. The van der Waals surface area contributed by atoms with Crippen LogP contribution in [0.1, 0.15) is 30.2 Å². The van der Waals surface area contributed by atoms with Crippen LogP contribution in [0.15, 0.2) is 48.1 Å². The minimum Gasteiger partial charge on any atom is -0.372 e. The molecule has 1 amide bonds. The first-order chi connectivity index (χ1) is 14.5. The van der Waals surface area contributed by atoms with Gasteiger partial charge in [-0.3, -0.25) is 9.78 Å². The summed E-state index contributed by atoms with van der Waals surface area (Å²) in [5.41, 5.74) is 2.42. The largest absolute Gasteiger partial charge is 0.372 e. The van der Waals surface area contributed by atoms with Crippen LogP contribution in [0, 0.1) is 0 Å². The van der Waals surface area contributed by atoms with E-state index in [1.54, 1.807) is 23.7 Å². The van der Waals surface area contributed by atoms with Crippen molar-refractivity contribution in [3.05, 3.63) is 64.5 Å². The summed E-state index contributed by atoms with van der Waals surface area (Å²) in [7, 11) is 0. The van der Waals surface area contributed by atoms with Gasteiger partial charge in [-0.05, 0) is 38.1 Å². The van der Waals surface area contributed by atoms with E-state index in [-0.39, 0.29) is 24.5 Å². The Labute approximate surface area is 180 Å². The molecule has 1 saturated heterocycles. The molecular weight excluding hydrogens is 398 g/mol. The average molecular weight is 424 g/mol. The molecule has 0 radical (unpaired) electrons. The van der Waals surface area contributed by atoms with Gasteiger partial charge in [0.2, 0.25) is 5.91 Å². The highest BCUT2D eigenvalue weighted by Crippen LogP contribution is 2.20. The number of anilines is 2. The van der Waals surface area contributed by atoms with Crippen LogP contribution in [0.5, 0.6) is 0 Å². The highest BCUT2D eigenvalue weighted by atomic mass is 32.1. The van der Waals surface area contributed by atoms with E-state index in [9.17, 15) is 4.79 Å². The molecule has 4 rings (SSSR count). The van der Waals surface area contributed by atoms with Gasteiger partial charge in [-0.15, -0.1) is 11.3 Å². The summed E-state index contributed by atoms with van der Waals surface area (Å²) in [5, 5.41) is 5.79. The van der Waals surface area contributed by atoms with Gasteiger partial charge in [0.25, 0.3) is 0 Å². The lowest BCUT2D eigenvalue weighted by atomic mass is 10.2. The Morgan fingerprint density at radius 2 is 2.00 bits per heavy atom. The zero-order valence-electron chi connectivity index (χ0n) is 17.1. The Balaban J connectivity index is 1.31. The second-order valence-electron chi connectivity index (χ2n) is 7.52. The maximum absolute atomic E-state index is 12.4. The SMILES string of the molecule is CC1CN(c2ccc(NC(=O)Cc3csc(Cc4ccccn4)n3)cn2)CC(C)O1. The smallest absolute Gasteiger partial charge is 0.230 e. The molecule has 2 atom stereocenters. The number of pyridine rings is 2. The molecule has 0 saturated carbocycles. The van der Waals surface area contributed by atoms with Crippen molar-refractivity contribution in [1.29, 1.82) is 0 Å². The van der Waals surface area contributed by atoms with Gasteiger partial charge in [0.05, 0.1) is 41.2 Å². The zero-order chi connectivity index (χ0) is 20.9. The molecule has 0 bridgehead atoms. The first kappa shape index (κ1) is 20.4. The van der Waals surface area contributed by atoms with Gasteiger partial charge in [0.1, 0.15) is 5.82 Å². The first-order valence-electron chi connectivity index (χ1n) is 10.0. The fourth-order valence-corrected chi connectivity index (χ4v) is 4.36. The van der Waals surface area contributed by atoms with E-state index < -0.39 is 0 Å². The summed E-state index contributed by atoms with van der Waals surface area (Å²) in [4.78, 5) is 28.0. The molecule has 156 valence electrons. The molecule has 30 heavy (non-hydrogen) atoms. The number of aromatic nitrogens is 3. The molecule has 1 aliphatic rings. The Hall–Kier alpha value is -2.84. The Morgan fingerprint density at radius 3 is 2.70 bits per heavy atom. The van der Waals surface area contributed by atoms with Gasteiger partial charge in [-0.1, -0.05) is 6.07 Å². The van der Waals surface area contributed by atoms with Crippen molar-refractivity contribution >= 4 is 28.7 Å². The lowest BCUT2D eigenvalue weighted by molar-refractivity contribution is -0.115. The van der Waals surface area contributed by atoms with Gasteiger partial charge in [-0.25, -0.2) is 9.97 Å². The Kier molecular flexibility index (Phi) is 6.35. The summed E-state index contributed by atoms with van der Waals surface area (Å²) in [6, 6.07) is 9.66. The van der Waals surface area contributed by atoms with Gasteiger partial charge >= 0.3 is 0 Å². The van der Waals surface area contributed by atoms with Crippen LogP contribution in [0.4, 0.5) is 11.5 Å². The molecule has 2 unspecified atom stereocenters. The van der Waals surface area contributed by atoms with E-state index in [0.29, 0.717) is 12.1 Å². The predicted octanol–water partition coefficient (Wildman–Crippen LogP) is 3.32. The van der Waals surface area contributed by atoms with Crippen molar-refractivity contribution in [2.24, 2.45) is 0 Å². The zero-order valence-corrected chi connectivity index (χ0v) is 17.9. The van der Waals surface area contributed by atoms with Crippen molar-refractivity contribution in [2.75, 3.05) is 23.3 Å². The minimum absolute atomic E-state index is 0.104. The number of amides is 1. The standard InChI is InChI=1S/C22H25N5O2S/c1-15-12-27(13-16(2)29-15)20-7-6-18(11-24-20)25-21(28)9-19-14-30-22(26-19)10-17-5-3-4-8-23-17/h3-8,11,14-16H,9-10,12-13H2,1-2H3,(H,25,28). The summed E-state index contributed by atoms with van der Waals surface area (Å²) in [6.07, 6.45) is 4.74. The monoisotopic (exact) mass is 423 g/mol. The Bertz CT molecular complexity index is 967. The van der Waals surface area contributed by atoms with Crippen molar-refractivity contribution in [3.8, 4) is 0 Å². The molecule has 1 N–H and O–H groups in total. The molecular formula is C22H25N5O2S. The van der Waals surface area contributed by atoms with Crippen molar-refractivity contribution in [3.63, 3.8) is 0 Å². The number of hydrogen-bond acceptors (Lipinski definition) is 7. The quantitative estimate of drug-likeness (QED) is 0.655. The molecule has 1 aliphatic heterocycles. The lowest BCUT2D eigenvalue weighted by Gasteiger charge is -2.36. The number of ether oxygens (including phenoxy) is 1. The van der Waals surface area contributed by atoms with Crippen LogP contribution in [0.3, 0.4) is 0 Å². The van der Waals surface area contributed by atoms with E-state index in [2.05, 4.69) is 39.0 Å². The third-order valence-corrected chi connectivity index (χ3v) is 5.67. The molecule has 3 aromatic rings. The van der Waals surface area contributed by atoms with Gasteiger partial charge in [0.15, 0.2) is 0 Å². The van der Waals surface area contributed by atoms with Crippen LogP contribution in [0.2, 0.25) is 0 Å². The second kappa shape index (κ2) is 9.32. The number of hydrogen-bond donors (Lipinski definition) is 1. The van der Waals surface area contributed by atoms with Crippen LogP contribution >= 0.6 is 11.3 Å². The Morgan fingerprint density at radius 1 is 1.17 bits per heavy atom. The van der Waals surface area contributed by atoms with Gasteiger partial charge in [0, 0.05) is 36.8 Å². The number of morpholine rings is 1. The maximum Gasteiger partial charge on any atom is 0.230 e. The van der Waals surface area contributed by atoms with Gasteiger partial charge in [-0.2, -0.15) is 0 Å². The maximum atomic E-state index is 12.4. The minimum atomic E-state index is -0.104. The summed E-state index contributed by atoms with van der Waals surface area (Å²) < 4.78 is 5.77. The van der Waals surface area contributed by atoms with Crippen LogP contribution in [-0.2, 0) is 22.4 Å². The molecule has 7 nitrogen and oxygen atoms in total. The highest BCUT2D eigenvalue weighted by molar-refractivity contribution is 7.09. The molecule has 8 heteroatoms. The number of nitrogens with one attached hydrogen (secondary N) is 1. The number of rotatable bonds is 6. The number of carbonyl (C=O) groups excluding carboxylic acids is 1. The summed E-state index contributed by atoms with van der Waals surface area (Å²) >= 11 is 1.55. The van der Waals surface area contributed by atoms with E-state index in [1.807, 2.05) is 35.7 Å². The second-order valence-corrected chi connectivity index (χ2v) is 8.47.